The molecule has 0 atom stereocenters. The van der Waals surface area contributed by atoms with Crippen LogP contribution >= 0.6 is 39.1 Å². The van der Waals surface area contributed by atoms with E-state index in [0.29, 0.717) is 68.2 Å². The van der Waals surface area contributed by atoms with Crippen LogP contribution in [0, 0.1) is 0 Å². The Morgan fingerprint density at radius 2 is 0.951 bits per heavy atom. The summed E-state index contributed by atoms with van der Waals surface area (Å²) in [6.07, 6.45) is -0.545. The van der Waals surface area contributed by atoms with E-state index in [0.717, 1.165) is 24.2 Å². The van der Waals surface area contributed by atoms with Crippen molar-refractivity contribution in [3.8, 4) is 11.5 Å². The van der Waals surface area contributed by atoms with Crippen LogP contribution in [0.3, 0.4) is 0 Å². The van der Waals surface area contributed by atoms with Gasteiger partial charge in [-0.1, -0.05) is 51.3 Å². The number of hydrogen-bond acceptors (Lipinski definition) is 12. The summed E-state index contributed by atoms with van der Waals surface area (Å²) < 4.78 is 26.7. The number of hydrogen-bond donors (Lipinski definition) is 1. The zero-order chi connectivity index (χ0) is 46.3. The monoisotopic (exact) mass is 960 g/mol. The lowest BCUT2D eigenvalue weighted by atomic mass is 10.1. The Hall–Kier alpha value is -3.50. The van der Waals surface area contributed by atoms with E-state index in [1.807, 2.05) is 95.2 Å². The number of phenols is 1. The lowest BCUT2D eigenvalue weighted by Crippen LogP contribution is -2.49. The number of aromatic hydroxyl groups is 1. The largest absolute Gasteiger partial charge is 0.508 e. The number of amides is 2. The zero-order valence-electron chi connectivity index (χ0n) is 38.0. The molecule has 2 aromatic rings. The third-order valence-corrected chi connectivity index (χ3v) is 9.14. The molecule has 0 saturated carbocycles. The third kappa shape index (κ3) is 23.0. The number of benzene rings is 2. The summed E-state index contributed by atoms with van der Waals surface area (Å²) in [5.74, 6) is 0.118. The molecule has 0 bridgehead atoms. The van der Waals surface area contributed by atoms with Crippen molar-refractivity contribution in [2.45, 2.75) is 119 Å². The summed E-state index contributed by atoms with van der Waals surface area (Å²) in [6.45, 7) is 28.6. The number of carbonyl (C=O) groups excluding carboxylic acids is 4. The van der Waals surface area contributed by atoms with Crippen molar-refractivity contribution in [1.29, 1.82) is 0 Å². The maximum absolute atomic E-state index is 12.2. The van der Waals surface area contributed by atoms with Gasteiger partial charge in [0.05, 0.1) is 0 Å². The second-order valence-corrected chi connectivity index (χ2v) is 20.0. The van der Waals surface area contributed by atoms with Gasteiger partial charge in [0.2, 0.25) is 0 Å². The molecule has 0 aromatic heterocycles. The van der Waals surface area contributed by atoms with E-state index in [4.69, 9.17) is 46.9 Å². The van der Waals surface area contributed by atoms with Gasteiger partial charge in [-0.3, -0.25) is 14.6 Å². The highest BCUT2D eigenvalue weighted by Crippen LogP contribution is 2.27. The predicted molar refractivity (Wildman–Crippen MR) is 242 cm³/mol. The molecule has 344 valence electrons. The van der Waals surface area contributed by atoms with Gasteiger partial charge >= 0.3 is 24.1 Å². The first-order chi connectivity index (χ1) is 28.0. The molecule has 0 aliphatic carbocycles. The highest BCUT2D eigenvalue weighted by molar-refractivity contribution is 9.09. The van der Waals surface area contributed by atoms with Crippen LogP contribution in [-0.4, -0.2) is 136 Å². The fourth-order valence-corrected chi connectivity index (χ4v) is 6.10. The molecule has 4 rings (SSSR count). The molecule has 2 aliphatic heterocycles. The molecule has 2 aliphatic rings. The lowest BCUT2D eigenvalue weighted by molar-refractivity contribution is -0.157. The number of nitrogens with zero attached hydrogens (tertiary/aromatic N) is 4. The number of phenolic OH excluding ortho intramolecular Hbond substituents is 1. The second kappa shape index (κ2) is 23.8. The number of alkyl halides is 1. The van der Waals surface area contributed by atoms with Crippen LogP contribution in [0.4, 0.5) is 9.59 Å². The van der Waals surface area contributed by atoms with Crippen LogP contribution < -0.4 is 4.74 Å². The molecule has 17 heteroatoms. The maximum Gasteiger partial charge on any atom is 0.410 e. The average Bonchev–Trinajstić information content (AvgIpc) is 3.11. The van der Waals surface area contributed by atoms with Gasteiger partial charge < -0.3 is 38.6 Å². The molecular weight excluding hydrogens is 895 g/mol. The number of halogens is 3. The molecule has 0 radical (unpaired) electrons. The number of ether oxygens (including phenoxy) is 5. The van der Waals surface area contributed by atoms with Crippen LogP contribution in [0.5, 0.6) is 11.5 Å². The van der Waals surface area contributed by atoms with Gasteiger partial charge in [0.25, 0.3) is 0 Å². The van der Waals surface area contributed by atoms with Crippen molar-refractivity contribution in [3.63, 3.8) is 0 Å². The Morgan fingerprint density at radius 1 is 0.574 bits per heavy atom. The van der Waals surface area contributed by atoms with Gasteiger partial charge in [-0.05, 0) is 107 Å². The highest BCUT2D eigenvalue weighted by atomic mass is 79.9. The minimum atomic E-state index is -0.564. The smallest absolute Gasteiger partial charge is 0.410 e. The van der Waals surface area contributed by atoms with E-state index in [2.05, 4.69) is 25.7 Å². The third-order valence-electron chi connectivity index (χ3n) is 8.21. The molecule has 61 heavy (non-hydrogen) atoms. The van der Waals surface area contributed by atoms with E-state index in [1.165, 1.54) is 0 Å². The Kier molecular flexibility index (Phi) is 20.9. The summed E-state index contributed by atoms with van der Waals surface area (Å²) >= 11 is 14.9. The first-order valence-electron chi connectivity index (χ1n) is 20.3. The number of esters is 2. The summed E-state index contributed by atoms with van der Waals surface area (Å²) in [6, 6.07) is 10.6. The Balaban J connectivity index is 0.000000360. The minimum absolute atomic E-state index is 0.183. The van der Waals surface area contributed by atoms with Crippen LogP contribution in [-0.2, 0) is 41.6 Å². The van der Waals surface area contributed by atoms with Crippen molar-refractivity contribution in [2.24, 2.45) is 0 Å². The van der Waals surface area contributed by atoms with Gasteiger partial charge in [-0.25, -0.2) is 14.4 Å². The Bertz CT molecular complexity index is 1740. The normalized spacial score (nSPS) is 15.3. The molecule has 1 N–H and O–H groups in total. The molecule has 0 unspecified atom stereocenters. The molecule has 2 aromatic carbocycles. The van der Waals surface area contributed by atoms with Gasteiger partial charge in [0.1, 0.15) is 39.2 Å². The number of piperazine rings is 2. The van der Waals surface area contributed by atoms with Gasteiger partial charge in [-0.15, -0.1) is 0 Å². The Morgan fingerprint density at radius 3 is 1.33 bits per heavy atom. The van der Waals surface area contributed by atoms with Crippen molar-refractivity contribution in [2.75, 3.05) is 64.3 Å². The molecule has 2 fully saturated rings. The van der Waals surface area contributed by atoms with Crippen LogP contribution in [0.25, 0.3) is 0 Å². The molecule has 14 nitrogen and oxygen atoms in total. The van der Waals surface area contributed by atoms with E-state index >= 15 is 0 Å². The second-order valence-electron chi connectivity index (χ2n) is 18.6. The fourth-order valence-electron chi connectivity index (χ4n) is 5.65. The predicted octanol–water partition coefficient (Wildman–Crippen LogP) is 8.93. The van der Waals surface area contributed by atoms with Crippen molar-refractivity contribution >= 4 is 63.3 Å². The average molecular weight is 963 g/mol. The van der Waals surface area contributed by atoms with Crippen LogP contribution in [0.1, 0.15) is 94.2 Å². The van der Waals surface area contributed by atoms with Crippen LogP contribution in [0.15, 0.2) is 36.4 Å². The minimum Gasteiger partial charge on any atom is -0.508 e. The van der Waals surface area contributed by atoms with E-state index < -0.39 is 22.8 Å². The summed E-state index contributed by atoms with van der Waals surface area (Å²) in [4.78, 5) is 54.6. The highest BCUT2D eigenvalue weighted by Gasteiger charge is 2.28. The summed E-state index contributed by atoms with van der Waals surface area (Å²) in [5, 5.41) is 11.2. The van der Waals surface area contributed by atoms with Crippen molar-refractivity contribution in [1.82, 2.24) is 19.6 Å². The molecule has 2 heterocycles. The molecule has 2 saturated heterocycles. The fraction of sp³-hybridized carbons (Fsp3) is 0.636. The van der Waals surface area contributed by atoms with Gasteiger partial charge in [0, 0.05) is 86.6 Å². The summed E-state index contributed by atoms with van der Waals surface area (Å²) in [5.41, 5.74) is -0.124. The topological polar surface area (TPSA) is 148 Å². The molecule has 0 spiro atoms. The van der Waals surface area contributed by atoms with Crippen molar-refractivity contribution < 1.29 is 48.0 Å². The van der Waals surface area contributed by atoms with Crippen molar-refractivity contribution in [3.05, 3.63) is 57.6 Å². The van der Waals surface area contributed by atoms with Gasteiger partial charge in [-0.2, -0.15) is 0 Å². The van der Waals surface area contributed by atoms with E-state index in [1.54, 1.807) is 34.1 Å². The molecular formula is C44H67BrCl2N4O10. The van der Waals surface area contributed by atoms with Crippen LogP contribution in [0.2, 0.25) is 10.0 Å². The SMILES string of the molecule is CC(C)(C)OC(=O)CBr.CC(C)(C)OC(=O)COc1cc(Cl)ccc1CN1CCN(C(=O)OC(C)(C)C)CC1.CC(C)(C)OC(=O)N1CCN(Cc2ccc(Cl)cc2O)CC1. The first-order valence-corrected chi connectivity index (χ1v) is 22.2. The number of carbonyl (C=O) groups is 4. The van der Waals surface area contributed by atoms with E-state index in [-0.39, 0.29) is 41.4 Å². The van der Waals surface area contributed by atoms with E-state index in [9.17, 15) is 24.3 Å². The van der Waals surface area contributed by atoms with Gasteiger partial charge in [0.15, 0.2) is 6.61 Å². The molecule has 2 amide bonds. The quantitative estimate of drug-likeness (QED) is 0.153. The maximum atomic E-state index is 12.2. The number of rotatable bonds is 8. The first kappa shape index (κ1) is 53.6. The Labute approximate surface area is 381 Å². The lowest BCUT2D eigenvalue weighted by Gasteiger charge is -2.35. The summed E-state index contributed by atoms with van der Waals surface area (Å²) in [7, 11) is 0. The zero-order valence-corrected chi connectivity index (χ0v) is 41.1. The standard InChI is InChI=1S/C22H33ClN2O5.C16H23ClN2O3.C6H11BrO2/c1-21(2,3)29-19(26)15-28-18-13-17(23)8-7-16(18)14-24-9-11-25(12-10-24)20(27)30-22(4,5)6;1-16(2,3)22-15(21)19-8-6-18(7-9-19)11-12-4-5-13(17)10-14(12)20;1-6(2,3)9-5(8)4-7/h7-8,13H,9-12,14-15H2,1-6H3;4-5,10,20H,6-9,11H2,1-3H3;4H2,1-3H3.